The molecule has 11 heavy (non-hydrogen) atoms. The first kappa shape index (κ1) is 7.79. The molecule has 0 fully saturated rings. The smallest absolute Gasteiger partial charge is 0.0951 e. The summed E-state index contributed by atoms with van der Waals surface area (Å²) in [7, 11) is 1.97. The van der Waals surface area contributed by atoms with Crippen molar-refractivity contribution in [2.75, 3.05) is 0 Å². The van der Waals surface area contributed by atoms with Crippen molar-refractivity contribution in [2.45, 2.75) is 6.92 Å². The molecule has 1 aromatic heterocycles. The lowest BCUT2D eigenvalue weighted by Gasteiger charge is -1.94. The van der Waals surface area contributed by atoms with Gasteiger partial charge < -0.3 is 4.57 Å². The molecular formula is C9H12N2. The Balaban J connectivity index is 3.00. The Bertz CT molecular complexity index is 262. The Labute approximate surface area is 66.9 Å². The number of imidazole rings is 1. The van der Waals surface area contributed by atoms with Crippen molar-refractivity contribution in [3.8, 4) is 0 Å². The van der Waals surface area contributed by atoms with Crippen LogP contribution in [0.2, 0.25) is 0 Å². The van der Waals surface area contributed by atoms with Gasteiger partial charge in [0.15, 0.2) is 0 Å². The molecule has 0 spiro atoms. The number of hydrogen-bond donors (Lipinski definition) is 0. The Kier molecular flexibility index (Phi) is 2.26. The highest BCUT2D eigenvalue weighted by Crippen LogP contribution is 2.05. The van der Waals surface area contributed by atoms with Crippen LogP contribution in [0.5, 0.6) is 0 Å². The number of aryl methyl sites for hydroxylation is 2. The van der Waals surface area contributed by atoms with Gasteiger partial charge in [-0.25, -0.2) is 4.98 Å². The van der Waals surface area contributed by atoms with Crippen LogP contribution in [0.3, 0.4) is 0 Å². The molecule has 58 valence electrons. The van der Waals surface area contributed by atoms with Crippen LogP contribution in [0.4, 0.5) is 0 Å². The maximum Gasteiger partial charge on any atom is 0.0951 e. The van der Waals surface area contributed by atoms with Crippen molar-refractivity contribution >= 4 is 6.08 Å². The van der Waals surface area contributed by atoms with Gasteiger partial charge in [0.1, 0.15) is 0 Å². The van der Waals surface area contributed by atoms with E-state index in [1.54, 1.807) is 12.4 Å². The van der Waals surface area contributed by atoms with Gasteiger partial charge in [0.05, 0.1) is 17.7 Å². The van der Waals surface area contributed by atoms with Crippen molar-refractivity contribution in [1.29, 1.82) is 0 Å². The second kappa shape index (κ2) is 3.19. The molecule has 0 saturated heterocycles. The van der Waals surface area contributed by atoms with Crippen LogP contribution in [0.25, 0.3) is 6.08 Å². The van der Waals surface area contributed by atoms with Gasteiger partial charge in [-0.3, -0.25) is 0 Å². The molecule has 1 heterocycles. The number of allylic oxidation sites excluding steroid dienone is 2. The Morgan fingerprint density at radius 2 is 2.36 bits per heavy atom. The standard InChI is InChI=1S/C9H12N2/c1-4-5-6-9-8(2)10-7-11(9)3/h4-7H,1H2,2-3H3/b6-5-. The third kappa shape index (κ3) is 1.58. The first-order valence-electron chi connectivity index (χ1n) is 3.52. The van der Waals surface area contributed by atoms with Gasteiger partial charge in [-0.15, -0.1) is 0 Å². The van der Waals surface area contributed by atoms with Gasteiger partial charge in [0.25, 0.3) is 0 Å². The molecule has 0 aliphatic heterocycles. The third-order valence-electron chi connectivity index (χ3n) is 1.57. The van der Waals surface area contributed by atoms with E-state index in [4.69, 9.17) is 0 Å². The summed E-state index contributed by atoms with van der Waals surface area (Å²) < 4.78 is 1.98. The Morgan fingerprint density at radius 3 is 2.82 bits per heavy atom. The van der Waals surface area contributed by atoms with Crippen molar-refractivity contribution in [2.24, 2.45) is 7.05 Å². The van der Waals surface area contributed by atoms with Crippen LogP contribution in [-0.4, -0.2) is 9.55 Å². The SMILES string of the molecule is C=C/C=C\c1c(C)ncn1C. The van der Waals surface area contributed by atoms with Crippen molar-refractivity contribution in [1.82, 2.24) is 9.55 Å². The van der Waals surface area contributed by atoms with Gasteiger partial charge in [0, 0.05) is 7.05 Å². The summed E-state index contributed by atoms with van der Waals surface area (Å²) in [5, 5.41) is 0. The highest BCUT2D eigenvalue weighted by atomic mass is 15.0. The summed E-state index contributed by atoms with van der Waals surface area (Å²) in [6.45, 7) is 5.59. The maximum atomic E-state index is 4.15. The van der Waals surface area contributed by atoms with E-state index in [0.29, 0.717) is 0 Å². The molecule has 0 N–H and O–H groups in total. The molecule has 0 aliphatic carbocycles. The zero-order chi connectivity index (χ0) is 8.27. The lowest BCUT2D eigenvalue weighted by Crippen LogP contribution is -1.88. The predicted molar refractivity (Wildman–Crippen MR) is 47.2 cm³/mol. The summed E-state index contributed by atoms with van der Waals surface area (Å²) >= 11 is 0. The number of aromatic nitrogens is 2. The monoisotopic (exact) mass is 148 g/mol. The lowest BCUT2D eigenvalue weighted by molar-refractivity contribution is 0.901. The van der Waals surface area contributed by atoms with Crippen LogP contribution in [0, 0.1) is 6.92 Å². The van der Waals surface area contributed by atoms with Crippen molar-refractivity contribution < 1.29 is 0 Å². The normalized spacial score (nSPS) is 10.7. The summed E-state index contributed by atoms with van der Waals surface area (Å²) in [5.41, 5.74) is 2.18. The molecule has 2 nitrogen and oxygen atoms in total. The van der Waals surface area contributed by atoms with Crippen LogP contribution >= 0.6 is 0 Å². The van der Waals surface area contributed by atoms with E-state index in [9.17, 15) is 0 Å². The number of hydrogen-bond acceptors (Lipinski definition) is 1. The summed E-state index contributed by atoms with van der Waals surface area (Å²) in [4.78, 5) is 4.15. The molecule has 1 rings (SSSR count). The second-order valence-corrected chi connectivity index (χ2v) is 2.42. The molecule has 0 radical (unpaired) electrons. The molecular weight excluding hydrogens is 136 g/mol. The molecule has 0 amide bonds. The quantitative estimate of drug-likeness (QED) is 0.586. The molecule has 0 atom stereocenters. The van der Waals surface area contributed by atoms with Gasteiger partial charge in [-0.2, -0.15) is 0 Å². The van der Waals surface area contributed by atoms with E-state index in [-0.39, 0.29) is 0 Å². The molecule has 0 aliphatic rings. The minimum absolute atomic E-state index is 1.05. The Morgan fingerprint density at radius 1 is 1.64 bits per heavy atom. The predicted octanol–water partition coefficient (Wildman–Crippen LogP) is 1.93. The molecule has 1 aromatic rings. The molecule has 0 bridgehead atoms. The van der Waals surface area contributed by atoms with E-state index in [0.717, 1.165) is 11.4 Å². The van der Waals surface area contributed by atoms with Crippen molar-refractivity contribution in [3.63, 3.8) is 0 Å². The molecule has 2 heteroatoms. The average molecular weight is 148 g/mol. The fourth-order valence-electron chi connectivity index (χ4n) is 0.954. The van der Waals surface area contributed by atoms with Crippen LogP contribution in [0.15, 0.2) is 25.1 Å². The van der Waals surface area contributed by atoms with E-state index in [1.807, 2.05) is 30.7 Å². The van der Waals surface area contributed by atoms with Crippen LogP contribution in [-0.2, 0) is 7.05 Å². The van der Waals surface area contributed by atoms with E-state index in [1.165, 1.54) is 0 Å². The van der Waals surface area contributed by atoms with E-state index < -0.39 is 0 Å². The van der Waals surface area contributed by atoms with Crippen LogP contribution in [0.1, 0.15) is 11.4 Å². The number of rotatable bonds is 2. The fourth-order valence-corrected chi connectivity index (χ4v) is 0.954. The van der Waals surface area contributed by atoms with Crippen LogP contribution < -0.4 is 0 Å². The van der Waals surface area contributed by atoms with Gasteiger partial charge in [-0.1, -0.05) is 18.7 Å². The molecule has 0 aromatic carbocycles. The largest absolute Gasteiger partial charge is 0.334 e. The average Bonchev–Trinajstić information content (AvgIpc) is 2.29. The zero-order valence-electron chi connectivity index (χ0n) is 6.91. The van der Waals surface area contributed by atoms with Gasteiger partial charge in [-0.05, 0) is 13.0 Å². The fraction of sp³-hybridized carbons (Fsp3) is 0.222. The summed E-state index contributed by atoms with van der Waals surface area (Å²) in [6.07, 6.45) is 7.46. The third-order valence-corrected chi connectivity index (χ3v) is 1.57. The Hall–Kier alpha value is -1.31. The lowest BCUT2D eigenvalue weighted by atomic mass is 10.3. The highest BCUT2D eigenvalue weighted by Gasteiger charge is 1.97. The number of nitrogens with zero attached hydrogens (tertiary/aromatic N) is 2. The molecule has 0 saturated carbocycles. The highest BCUT2D eigenvalue weighted by molar-refractivity contribution is 5.49. The topological polar surface area (TPSA) is 17.8 Å². The maximum absolute atomic E-state index is 4.15. The van der Waals surface area contributed by atoms with E-state index >= 15 is 0 Å². The minimum atomic E-state index is 1.05. The van der Waals surface area contributed by atoms with Crippen molar-refractivity contribution in [3.05, 3.63) is 36.4 Å². The summed E-state index contributed by atoms with van der Waals surface area (Å²) in [5.74, 6) is 0. The first-order valence-corrected chi connectivity index (χ1v) is 3.52. The van der Waals surface area contributed by atoms with Gasteiger partial charge in [0.2, 0.25) is 0 Å². The van der Waals surface area contributed by atoms with E-state index in [2.05, 4.69) is 11.6 Å². The molecule has 0 unspecified atom stereocenters. The second-order valence-electron chi connectivity index (χ2n) is 2.42. The minimum Gasteiger partial charge on any atom is -0.334 e. The zero-order valence-corrected chi connectivity index (χ0v) is 6.91. The van der Waals surface area contributed by atoms with Gasteiger partial charge >= 0.3 is 0 Å². The summed E-state index contributed by atoms with van der Waals surface area (Å²) in [6, 6.07) is 0. The first-order chi connectivity index (χ1) is 5.25.